The third kappa shape index (κ3) is 31.7. The van der Waals surface area contributed by atoms with Crippen LogP contribution in [-0.2, 0) is 97.5 Å². The quantitative estimate of drug-likeness (QED) is 0.00835. The van der Waals surface area contributed by atoms with Crippen molar-refractivity contribution in [1.29, 1.82) is 0 Å². The monoisotopic (exact) mass is 1390 g/mol. The molecule has 0 radical (unpaired) electrons. The highest BCUT2D eigenvalue weighted by molar-refractivity contribution is 5.97. The summed E-state index contributed by atoms with van der Waals surface area (Å²) in [5.74, 6) is -10.1. The number of carbonyl (C=O) groups excluding carboxylic acids is 14. The molecule has 4 aromatic carbocycles. The van der Waals surface area contributed by atoms with E-state index in [-0.39, 0.29) is 80.8 Å². The third-order valence-corrected chi connectivity index (χ3v) is 14.6. The van der Waals surface area contributed by atoms with Crippen LogP contribution in [0.1, 0.15) is 96.4 Å². The van der Waals surface area contributed by atoms with E-state index in [1.165, 1.54) is 64.3 Å². The maximum atomic E-state index is 14.1. The summed E-state index contributed by atoms with van der Waals surface area (Å²) in [5.41, 5.74) is 13.2. The molecule has 0 saturated carbocycles. The first-order valence-corrected chi connectivity index (χ1v) is 32.4. The van der Waals surface area contributed by atoms with E-state index in [9.17, 15) is 67.1 Å². The van der Waals surface area contributed by atoms with Gasteiger partial charge in [0.1, 0.15) is 53.8 Å². The van der Waals surface area contributed by atoms with Gasteiger partial charge >= 0.3 is 17.9 Å². The van der Waals surface area contributed by atoms with Gasteiger partial charge in [0.05, 0.1) is 33.3 Å². The van der Waals surface area contributed by atoms with Gasteiger partial charge in [-0.05, 0) is 84.0 Å². The van der Waals surface area contributed by atoms with Crippen LogP contribution in [-0.4, -0.2) is 171 Å². The molecule has 100 heavy (non-hydrogen) atoms. The van der Waals surface area contributed by atoms with Gasteiger partial charge in [-0.1, -0.05) is 113 Å². The standard InChI is InChI=1S/C69H92N14O17/c1-40(2)30-52(64(93)81-51(67(96)98-8)20-15-29-72-69(70)71)82-65(94)55(32-45-16-11-9-12-17-45)79-60(89)38-73-58(87)36-76-63(92)54(78-43(6)85)35-48-23-27-50(28-24-48)100-68(97)57(31-41(3)4)83-66(95)56(33-46-18-13-10-14-19-46)80-61(90)39-74-59(88)37-75-62(91)53(77-42(5)84)34-47-21-25-49(26-22-47)99-44(7)86/h9-14,16-19,21-28,40-41,51-57H,15,20,29-39H2,1-8H3,(H,73,87)(H,74,88)(H,75,91)(H,76,92)(H,77,84)(H,78,85)(H,79,89)(H,80,90)(H,81,93)(H,82,94)(H,83,95)(H4,70,71,72)/t51-,52-,53-,54-,55-,56-,57-/m0/s1. The van der Waals surface area contributed by atoms with Gasteiger partial charge in [-0.15, -0.1) is 0 Å². The second-order valence-corrected chi connectivity index (χ2v) is 24.2. The summed E-state index contributed by atoms with van der Waals surface area (Å²) in [7, 11) is 1.17. The number of ether oxygens (including phenoxy) is 3. The number of amides is 11. The Labute approximate surface area is 579 Å². The fourth-order valence-electron chi connectivity index (χ4n) is 9.89. The van der Waals surface area contributed by atoms with E-state index in [0.717, 1.165) is 0 Å². The molecule has 0 unspecified atom stereocenters. The zero-order valence-corrected chi connectivity index (χ0v) is 57.3. The van der Waals surface area contributed by atoms with Gasteiger partial charge in [-0.2, -0.15) is 0 Å². The minimum atomic E-state index is -1.27. The van der Waals surface area contributed by atoms with E-state index in [2.05, 4.69) is 63.5 Å². The lowest BCUT2D eigenvalue weighted by molar-refractivity contribution is -0.145. The number of nitrogens with two attached hydrogens (primary N) is 2. The van der Waals surface area contributed by atoms with Gasteiger partial charge in [0.25, 0.3) is 0 Å². The van der Waals surface area contributed by atoms with E-state index in [1.54, 1.807) is 72.8 Å². The topological polar surface area (TPSA) is 463 Å². The smallest absolute Gasteiger partial charge is 0.334 e. The molecule has 0 aliphatic rings. The van der Waals surface area contributed by atoms with E-state index >= 15 is 0 Å². The van der Waals surface area contributed by atoms with E-state index in [4.69, 9.17) is 25.7 Å². The third-order valence-electron chi connectivity index (χ3n) is 14.6. The number of benzene rings is 4. The molecule has 540 valence electrons. The normalized spacial score (nSPS) is 12.9. The number of aliphatic imine (C=N–C) groups is 1. The highest BCUT2D eigenvalue weighted by atomic mass is 16.5. The first kappa shape index (κ1) is 81.2. The predicted octanol–water partition coefficient (Wildman–Crippen LogP) is -0.995. The number of rotatable bonds is 40. The van der Waals surface area contributed by atoms with Crippen LogP contribution in [0.15, 0.2) is 114 Å². The molecular weight excluding hydrogens is 1300 g/mol. The van der Waals surface area contributed by atoms with Crippen molar-refractivity contribution in [1.82, 2.24) is 58.5 Å². The highest BCUT2D eigenvalue weighted by Gasteiger charge is 2.33. The number of carbonyl (C=O) groups is 14. The lowest BCUT2D eigenvalue weighted by atomic mass is 10.0. The van der Waals surface area contributed by atoms with Gasteiger partial charge < -0.3 is 84.2 Å². The Morgan fingerprint density at radius 1 is 0.390 bits per heavy atom. The zero-order valence-electron chi connectivity index (χ0n) is 57.3. The summed E-state index contributed by atoms with van der Waals surface area (Å²) in [6.07, 6.45) is 0.534. The average Bonchev–Trinajstić information content (AvgIpc) is 0.884. The van der Waals surface area contributed by atoms with Gasteiger partial charge in [0, 0.05) is 53.0 Å². The molecule has 4 rings (SSSR count). The molecule has 31 nitrogen and oxygen atoms in total. The van der Waals surface area contributed by atoms with Crippen molar-refractivity contribution in [3.05, 3.63) is 131 Å². The summed E-state index contributed by atoms with van der Waals surface area (Å²) < 4.78 is 15.6. The second-order valence-electron chi connectivity index (χ2n) is 24.2. The molecular formula is C69H92N14O17. The van der Waals surface area contributed by atoms with E-state index in [0.29, 0.717) is 28.7 Å². The molecule has 0 aromatic heterocycles. The van der Waals surface area contributed by atoms with Crippen LogP contribution < -0.4 is 79.4 Å². The Morgan fingerprint density at radius 3 is 1.14 bits per heavy atom. The molecule has 0 aliphatic carbocycles. The molecule has 4 aromatic rings. The highest BCUT2D eigenvalue weighted by Crippen LogP contribution is 2.18. The van der Waals surface area contributed by atoms with Crippen LogP contribution in [0.2, 0.25) is 0 Å². The van der Waals surface area contributed by atoms with Crippen molar-refractivity contribution in [2.75, 3.05) is 39.8 Å². The van der Waals surface area contributed by atoms with Gasteiger partial charge in [-0.3, -0.25) is 62.5 Å². The minimum Gasteiger partial charge on any atom is -0.467 e. The van der Waals surface area contributed by atoms with Gasteiger partial charge in [0.2, 0.25) is 65.0 Å². The molecule has 11 amide bonds. The summed E-state index contributed by atoms with van der Waals surface area (Å²) in [4.78, 5) is 187. The Morgan fingerprint density at radius 2 is 0.750 bits per heavy atom. The molecule has 15 N–H and O–H groups in total. The first-order valence-electron chi connectivity index (χ1n) is 32.4. The van der Waals surface area contributed by atoms with Crippen LogP contribution in [0.4, 0.5) is 0 Å². The number of methoxy groups -OCH3 is 1. The molecule has 0 heterocycles. The van der Waals surface area contributed by atoms with Crippen molar-refractivity contribution in [2.24, 2.45) is 28.3 Å². The molecule has 7 atom stereocenters. The maximum Gasteiger partial charge on any atom is 0.334 e. The largest absolute Gasteiger partial charge is 0.467 e. The van der Waals surface area contributed by atoms with Gasteiger partial charge in [-0.25, -0.2) is 9.59 Å². The molecule has 31 heteroatoms. The maximum absolute atomic E-state index is 14.1. The number of esters is 3. The number of guanidine groups is 1. The summed E-state index contributed by atoms with van der Waals surface area (Å²) in [5, 5.41) is 28.0. The molecule has 0 bridgehead atoms. The molecule has 0 fully saturated rings. The Kier molecular flexibility index (Phi) is 34.4. The van der Waals surface area contributed by atoms with E-state index in [1.807, 2.05) is 27.7 Å². The van der Waals surface area contributed by atoms with Crippen LogP contribution in [0.3, 0.4) is 0 Å². The minimum absolute atomic E-state index is 0.0245. The predicted molar refractivity (Wildman–Crippen MR) is 365 cm³/mol. The van der Waals surface area contributed by atoms with Crippen molar-refractivity contribution < 1.29 is 81.3 Å². The van der Waals surface area contributed by atoms with Crippen LogP contribution in [0.25, 0.3) is 0 Å². The molecule has 0 saturated heterocycles. The van der Waals surface area contributed by atoms with Crippen molar-refractivity contribution in [3.8, 4) is 11.5 Å². The Hall–Kier alpha value is -11.3. The fourth-order valence-corrected chi connectivity index (χ4v) is 9.89. The van der Waals surface area contributed by atoms with Crippen molar-refractivity contribution >= 4 is 88.8 Å². The second kappa shape index (κ2) is 42.4. The SMILES string of the molecule is COC(=O)[C@H](CCCN=C(N)N)NC(=O)[C@H](CC(C)C)NC(=O)[C@H](Cc1ccccc1)NC(=O)CNC(=O)CNC(=O)[C@H](Cc1ccc(OC(=O)[C@H](CC(C)C)NC(=O)[C@H](Cc2ccccc2)NC(=O)CNC(=O)CNC(=O)[C@H](Cc2ccc(OC(C)=O)cc2)NC(C)=O)cc1)NC(C)=O. The summed E-state index contributed by atoms with van der Waals surface area (Å²) >= 11 is 0. The summed E-state index contributed by atoms with van der Waals surface area (Å²) in [6.45, 7) is 8.63. The molecule has 0 spiro atoms. The lowest BCUT2D eigenvalue weighted by Crippen LogP contribution is -2.57. The van der Waals surface area contributed by atoms with Crippen LogP contribution >= 0.6 is 0 Å². The van der Waals surface area contributed by atoms with Crippen LogP contribution in [0, 0.1) is 11.8 Å². The number of nitrogens with one attached hydrogen (secondary N) is 11. The first-order chi connectivity index (χ1) is 47.5. The van der Waals surface area contributed by atoms with Crippen molar-refractivity contribution in [3.63, 3.8) is 0 Å². The average molecular weight is 1390 g/mol. The Bertz CT molecular complexity index is 3480. The van der Waals surface area contributed by atoms with E-state index < -0.39 is 151 Å². The fraction of sp³-hybridized carbons (Fsp3) is 0.435. The van der Waals surface area contributed by atoms with Gasteiger partial charge in [0.15, 0.2) is 5.96 Å². The molecule has 0 aliphatic heterocycles. The number of hydrogen-bond donors (Lipinski definition) is 13. The van der Waals surface area contributed by atoms with Crippen LogP contribution in [0.5, 0.6) is 11.5 Å². The summed E-state index contributed by atoms with van der Waals surface area (Å²) in [6, 6.07) is 21.2. The Balaban J connectivity index is 1.34. The zero-order chi connectivity index (χ0) is 73.8. The van der Waals surface area contributed by atoms with Crippen molar-refractivity contribution in [2.45, 2.75) is 142 Å². The number of nitrogens with zero attached hydrogens (tertiary/aromatic N) is 1. The number of hydrogen-bond acceptors (Lipinski definition) is 18. The lowest BCUT2D eigenvalue weighted by Gasteiger charge is -2.26.